The molecule has 0 amide bonds. The number of halogens is 1. The Labute approximate surface area is 95.2 Å². The molecule has 1 unspecified atom stereocenters. The average molecular weight is 278 g/mol. The lowest BCUT2D eigenvalue weighted by Gasteiger charge is -2.26. The van der Waals surface area contributed by atoms with Crippen molar-refractivity contribution in [2.45, 2.75) is 25.3 Å². The number of ether oxygens (including phenoxy) is 1. The van der Waals surface area contributed by atoms with Gasteiger partial charge in [-0.25, -0.2) is 0 Å². The Bertz CT molecular complexity index is 311. The summed E-state index contributed by atoms with van der Waals surface area (Å²) in [4.78, 5) is 0. The average Bonchev–Trinajstić information content (AvgIpc) is 2.77. The molecule has 1 aliphatic rings. The third-order valence-electron chi connectivity index (χ3n) is 2.55. The first-order valence-corrected chi connectivity index (χ1v) is 6.20. The lowest BCUT2D eigenvalue weighted by Crippen LogP contribution is -2.37. The number of nitrogens with zero attached hydrogens (tertiary/aromatic N) is 2. The summed E-state index contributed by atoms with van der Waals surface area (Å²) in [6.45, 7) is 3.76. The van der Waals surface area contributed by atoms with E-state index in [9.17, 15) is 0 Å². The normalized spacial score (nSPS) is 26.7. The van der Waals surface area contributed by atoms with Crippen molar-refractivity contribution in [3.63, 3.8) is 0 Å². The van der Waals surface area contributed by atoms with Crippen molar-refractivity contribution in [2.75, 3.05) is 18.5 Å². The van der Waals surface area contributed by atoms with Gasteiger partial charge >= 0.3 is 0 Å². The van der Waals surface area contributed by atoms with Gasteiger partial charge in [-0.3, -0.25) is 0 Å². The van der Waals surface area contributed by atoms with E-state index in [1.165, 1.54) is 11.3 Å². The van der Waals surface area contributed by atoms with Gasteiger partial charge in [-0.15, -0.1) is 10.2 Å². The van der Waals surface area contributed by atoms with E-state index in [1.807, 2.05) is 0 Å². The van der Waals surface area contributed by atoms with E-state index in [1.54, 1.807) is 0 Å². The van der Waals surface area contributed by atoms with Crippen molar-refractivity contribution >= 4 is 32.4 Å². The molecule has 0 spiro atoms. The van der Waals surface area contributed by atoms with Gasteiger partial charge in [0.2, 0.25) is 5.13 Å². The molecule has 0 bridgehead atoms. The van der Waals surface area contributed by atoms with Crippen LogP contribution in [0.15, 0.2) is 3.92 Å². The highest BCUT2D eigenvalue weighted by Crippen LogP contribution is 2.29. The molecule has 78 valence electrons. The summed E-state index contributed by atoms with van der Waals surface area (Å²) in [5.74, 6) is 0. The van der Waals surface area contributed by atoms with Crippen LogP contribution in [-0.4, -0.2) is 29.0 Å². The Morgan fingerprint density at radius 2 is 2.50 bits per heavy atom. The molecule has 0 saturated carbocycles. The van der Waals surface area contributed by atoms with Gasteiger partial charge in [0.1, 0.15) is 0 Å². The second kappa shape index (κ2) is 4.12. The van der Waals surface area contributed by atoms with Gasteiger partial charge in [-0.05, 0) is 28.8 Å². The van der Waals surface area contributed by atoms with Gasteiger partial charge in [0.05, 0.1) is 12.1 Å². The van der Waals surface area contributed by atoms with E-state index >= 15 is 0 Å². The molecule has 2 rings (SSSR count). The molecule has 1 aliphatic heterocycles. The van der Waals surface area contributed by atoms with Gasteiger partial charge in [0.25, 0.3) is 0 Å². The first-order chi connectivity index (χ1) is 6.74. The third kappa shape index (κ3) is 2.07. The summed E-state index contributed by atoms with van der Waals surface area (Å²) in [6, 6.07) is 0. The van der Waals surface area contributed by atoms with E-state index in [2.05, 4.69) is 38.4 Å². The highest BCUT2D eigenvalue weighted by atomic mass is 79.9. The first kappa shape index (κ1) is 10.3. The van der Waals surface area contributed by atoms with E-state index in [-0.39, 0.29) is 5.54 Å². The quantitative estimate of drug-likeness (QED) is 0.921. The van der Waals surface area contributed by atoms with E-state index in [4.69, 9.17) is 4.74 Å². The van der Waals surface area contributed by atoms with Gasteiger partial charge < -0.3 is 10.1 Å². The molecular weight excluding hydrogens is 266 g/mol. The van der Waals surface area contributed by atoms with Gasteiger partial charge in [-0.1, -0.05) is 18.3 Å². The fourth-order valence-corrected chi connectivity index (χ4v) is 2.69. The van der Waals surface area contributed by atoms with Gasteiger partial charge in [0.15, 0.2) is 3.92 Å². The summed E-state index contributed by atoms with van der Waals surface area (Å²) < 4.78 is 6.22. The Kier molecular flexibility index (Phi) is 3.04. The Balaban J connectivity index is 2.08. The van der Waals surface area contributed by atoms with Crippen LogP contribution >= 0.6 is 27.3 Å². The predicted octanol–water partition coefficient (Wildman–Crippen LogP) is 2.28. The van der Waals surface area contributed by atoms with E-state index in [0.717, 1.165) is 35.1 Å². The lowest BCUT2D eigenvalue weighted by molar-refractivity contribution is 0.181. The number of anilines is 1. The summed E-state index contributed by atoms with van der Waals surface area (Å²) in [7, 11) is 0. The topological polar surface area (TPSA) is 47.0 Å². The van der Waals surface area contributed by atoms with E-state index in [0.29, 0.717) is 0 Å². The zero-order valence-electron chi connectivity index (χ0n) is 7.92. The SMILES string of the molecule is CCC1(Nc2nnc(Br)s2)CCOC1. The summed E-state index contributed by atoms with van der Waals surface area (Å²) in [5.41, 5.74) is 0.0684. The minimum Gasteiger partial charge on any atom is -0.379 e. The zero-order valence-corrected chi connectivity index (χ0v) is 10.3. The Hall–Kier alpha value is -0.200. The van der Waals surface area contributed by atoms with Crippen molar-refractivity contribution in [3.8, 4) is 0 Å². The molecule has 1 aromatic heterocycles. The molecule has 1 atom stereocenters. The number of hydrogen-bond donors (Lipinski definition) is 1. The number of rotatable bonds is 3. The lowest BCUT2D eigenvalue weighted by atomic mass is 9.96. The predicted molar refractivity (Wildman–Crippen MR) is 59.7 cm³/mol. The van der Waals surface area contributed by atoms with Crippen LogP contribution in [-0.2, 0) is 4.74 Å². The van der Waals surface area contributed by atoms with Crippen molar-refractivity contribution in [2.24, 2.45) is 0 Å². The van der Waals surface area contributed by atoms with Crippen LogP contribution in [0.5, 0.6) is 0 Å². The smallest absolute Gasteiger partial charge is 0.206 e. The maximum Gasteiger partial charge on any atom is 0.206 e. The minimum atomic E-state index is 0.0684. The minimum absolute atomic E-state index is 0.0684. The Morgan fingerprint density at radius 3 is 3.00 bits per heavy atom. The van der Waals surface area contributed by atoms with Gasteiger partial charge in [-0.2, -0.15) is 0 Å². The summed E-state index contributed by atoms with van der Waals surface area (Å²) in [5, 5.41) is 12.2. The largest absolute Gasteiger partial charge is 0.379 e. The molecule has 0 radical (unpaired) electrons. The second-order valence-electron chi connectivity index (χ2n) is 3.42. The molecular formula is C8H12BrN3OS. The standard InChI is InChI=1S/C8H12BrN3OS/c1-2-8(3-4-13-5-8)10-7-12-11-6(9)14-7/h2-5H2,1H3,(H,10,12). The van der Waals surface area contributed by atoms with Crippen LogP contribution in [0, 0.1) is 0 Å². The summed E-state index contributed by atoms with van der Waals surface area (Å²) in [6.07, 6.45) is 2.09. The maximum absolute atomic E-state index is 5.41. The first-order valence-electron chi connectivity index (χ1n) is 4.59. The molecule has 14 heavy (non-hydrogen) atoms. The van der Waals surface area contributed by atoms with Crippen molar-refractivity contribution < 1.29 is 4.74 Å². The third-order valence-corrected chi connectivity index (χ3v) is 3.82. The molecule has 0 aromatic carbocycles. The van der Waals surface area contributed by atoms with E-state index < -0.39 is 0 Å². The van der Waals surface area contributed by atoms with Crippen LogP contribution in [0.25, 0.3) is 0 Å². The number of nitrogens with one attached hydrogen (secondary N) is 1. The second-order valence-corrected chi connectivity index (χ2v) is 5.68. The number of hydrogen-bond acceptors (Lipinski definition) is 5. The molecule has 2 heterocycles. The van der Waals surface area contributed by atoms with Crippen LogP contribution < -0.4 is 5.32 Å². The van der Waals surface area contributed by atoms with Crippen molar-refractivity contribution in [3.05, 3.63) is 3.92 Å². The highest BCUT2D eigenvalue weighted by molar-refractivity contribution is 9.11. The molecule has 4 nitrogen and oxygen atoms in total. The van der Waals surface area contributed by atoms with Crippen LogP contribution in [0.1, 0.15) is 19.8 Å². The van der Waals surface area contributed by atoms with Crippen molar-refractivity contribution in [1.29, 1.82) is 0 Å². The van der Waals surface area contributed by atoms with Crippen LogP contribution in [0.2, 0.25) is 0 Å². The molecule has 1 aromatic rings. The molecule has 1 fully saturated rings. The van der Waals surface area contributed by atoms with Crippen LogP contribution in [0.3, 0.4) is 0 Å². The number of aromatic nitrogens is 2. The molecule has 6 heteroatoms. The zero-order chi connectivity index (χ0) is 10.0. The summed E-state index contributed by atoms with van der Waals surface area (Å²) >= 11 is 4.81. The molecule has 0 aliphatic carbocycles. The fraction of sp³-hybridized carbons (Fsp3) is 0.750. The van der Waals surface area contributed by atoms with Crippen LogP contribution in [0.4, 0.5) is 5.13 Å². The highest BCUT2D eigenvalue weighted by Gasteiger charge is 2.33. The van der Waals surface area contributed by atoms with Gasteiger partial charge in [0, 0.05) is 6.61 Å². The molecule has 1 saturated heterocycles. The fourth-order valence-electron chi connectivity index (χ4n) is 1.56. The monoisotopic (exact) mass is 277 g/mol. The maximum atomic E-state index is 5.41. The molecule has 1 N–H and O–H groups in total. The Morgan fingerprint density at radius 1 is 1.64 bits per heavy atom. The van der Waals surface area contributed by atoms with Crippen molar-refractivity contribution in [1.82, 2.24) is 10.2 Å².